The fraction of sp³-hybridized carbons (Fsp3) is 0. The molecule has 10 aromatic rings. The van der Waals surface area contributed by atoms with Gasteiger partial charge in [-0.3, -0.25) is 0 Å². The van der Waals surface area contributed by atoms with E-state index < -0.39 is 0 Å². The first kappa shape index (κ1) is 28.1. The second-order valence-corrected chi connectivity index (χ2v) is 12.3. The molecule has 234 valence electrons. The molecule has 0 saturated carbocycles. The van der Waals surface area contributed by atoms with Crippen molar-refractivity contribution in [1.82, 2.24) is 19.9 Å². The van der Waals surface area contributed by atoms with Crippen LogP contribution < -0.4 is 0 Å². The van der Waals surface area contributed by atoms with Gasteiger partial charge in [-0.2, -0.15) is 0 Å². The van der Waals surface area contributed by atoms with E-state index in [0.29, 0.717) is 28.9 Å². The van der Waals surface area contributed by atoms with Gasteiger partial charge in [-0.1, -0.05) is 121 Å². The van der Waals surface area contributed by atoms with E-state index in [4.69, 9.17) is 28.8 Å². The zero-order chi connectivity index (χ0) is 33.0. The summed E-state index contributed by atoms with van der Waals surface area (Å²) in [7, 11) is 0. The molecule has 0 aliphatic carbocycles. The van der Waals surface area contributed by atoms with Gasteiger partial charge < -0.3 is 8.83 Å². The number of hydrogen-bond donors (Lipinski definition) is 0. The Kier molecular flexibility index (Phi) is 6.39. The van der Waals surface area contributed by atoms with Crippen LogP contribution in [0.15, 0.2) is 167 Å². The first-order chi connectivity index (χ1) is 24.7. The van der Waals surface area contributed by atoms with Gasteiger partial charge in [0.25, 0.3) is 0 Å². The SMILES string of the molecule is c1ccc(-c2nc(-c3ccc(-c4ccc5ccccc5c4)cc3)nc(-c3cccc4oc5cc6nc(-c7ccccc7)oc6cc5c34)n2)cc1. The first-order valence-electron chi connectivity index (χ1n) is 16.5. The molecule has 0 saturated heterocycles. The second kappa shape index (κ2) is 11.4. The van der Waals surface area contributed by atoms with Gasteiger partial charge in [0, 0.05) is 39.1 Å². The molecule has 0 N–H and O–H groups in total. The zero-order valence-electron chi connectivity index (χ0n) is 26.6. The Morgan fingerprint density at radius 2 is 1.00 bits per heavy atom. The number of benzene rings is 7. The topological polar surface area (TPSA) is 77.8 Å². The Balaban J connectivity index is 1.12. The van der Waals surface area contributed by atoms with Crippen molar-refractivity contribution in [3.8, 4) is 56.7 Å². The van der Waals surface area contributed by atoms with Crippen LogP contribution in [0.4, 0.5) is 0 Å². The molecule has 6 nitrogen and oxygen atoms in total. The summed E-state index contributed by atoms with van der Waals surface area (Å²) in [5.41, 5.74) is 8.72. The molecule has 3 aromatic heterocycles. The molecule has 0 fully saturated rings. The standard InChI is InChI=1S/C44H26N4O2/c1-3-11-29(12-4-1)41-46-42(30-21-18-28(19-22-30)33-23-20-27-10-7-8-15-32(27)24-33)48-43(47-41)34-16-9-17-37-40(34)35-25-39-36(26-38(35)49-37)45-44(50-39)31-13-5-2-6-14-31/h1-26H. The van der Waals surface area contributed by atoms with Gasteiger partial charge in [-0.05, 0) is 52.2 Å². The fourth-order valence-corrected chi connectivity index (χ4v) is 6.66. The van der Waals surface area contributed by atoms with Gasteiger partial charge in [0.2, 0.25) is 5.89 Å². The molecular weight excluding hydrogens is 617 g/mol. The van der Waals surface area contributed by atoms with Crippen LogP contribution >= 0.6 is 0 Å². The van der Waals surface area contributed by atoms with Gasteiger partial charge >= 0.3 is 0 Å². The van der Waals surface area contributed by atoms with E-state index in [1.165, 1.54) is 10.8 Å². The van der Waals surface area contributed by atoms with E-state index in [-0.39, 0.29) is 0 Å². The maximum Gasteiger partial charge on any atom is 0.227 e. The lowest BCUT2D eigenvalue weighted by atomic mass is 10.00. The van der Waals surface area contributed by atoms with Crippen molar-refractivity contribution < 1.29 is 8.83 Å². The third-order valence-electron chi connectivity index (χ3n) is 9.16. The summed E-state index contributed by atoms with van der Waals surface area (Å²) >= 11 is 0. The molecule has 10 rings (SSSR count). The van der Waals surface area contributed by atoms with Crippen LogP contribution in [0.25, 0.3) is 101 Å². The average Bonchev–Trinajstić information content (AvgIpc) is 3.78. The van der Waals surface area contributed by atoms with E-state index in [1.807, 2.05) is 91.0 Å². The number of hydrogen-bond acceptors (Lipinski definition) is 6. The van der Waals surface area contributed by atoms with Crippen LogP contribution in [-0.2, 0) is 0 Å². The highest BCUT2D eigenvalue weighted by Gasteiger charge is 2.20. The van der Waals surface area contributed by atoms with Crippen LogP contribution in [0, 0.1) is 0 Å². The van der Waals surface area contributed by atoms with Crippen LogP contribution in [-0.4, -0.2) is 19.9 Å². The monoisotopic (exact) mass is 642 g/mol. The van der Waals surface area contributed by atoms with Gasteiger partial charge in [-0.15, -0.1) is 0 Å². The lowest BCUT2D eigenvalue weighted by Gasteiger charge is -2.10. The first-order valence-corrected chi connectivity index (χ1v) is 16.5. The summed E-state index contributed by atoms with van der Waals surface area (Å²) in [4.78, 5) is 19.9. The molecule has 7 aromatic carbocycles. The summed E-state index contributed by atoms with van der Waals surface area (Å²) in [6, 6.07) is 53.2. The van der Waals surface area contributed by atoms with Crippen molar-refractivity contribution in [2.75, 3.05) is 0 Å². The zero-order valence-corrected chi connectivity index (χ0v) is 26.6. The maximum absolute atomic E-state index is 6.40. The van der Waals surface area contributed by atoms with Crippen LogP contribution in [0.3, 0.4) is 0 Å². The number of aromatic nitrogens is 4. The number of nitrogens with zero attached hydrogens (tertiary/aromatic N) is 4. The van der Waals surface area contributed by atoms with Gasteiger partial charge in [0.15, 0.2) is 23.1 Å². The molecular formula is C44H26N4O2. The highest BCUT2D eigenvalue weighted by molar-refractivity contribution is 6.14. The molecule has 0 aliphatic rings. The summed E-state index contributed by atoms with van der Waals surface area (Å²) in [6.07, 6.45) is 0. The summed E-state index contributed by atoms with van der Waals surface area (Å²) < 4.78 is 12.6. The summed E-state index contributed by atoms with van der Waals surface area (Å²) in [5.74, 6) is 2.32. The molecule has 6 heteroatoms. The minimum Gasteiger partial charge on any atom is -0.456 e. The van der Waals surface area contributed by atoms with Crippen molar-refractivity contribution in [2.45, 2.75) is 0 Å². The van der Waals surface area contributed by atoms with Crippen molar-refractivity contribution in [3.05, 3.63) is 158 Å². The quantitative estimate of drug-likeness (QED) is 0.186. The van der Waals surface area contributed by atoms with Crippen LogP contribution in [0.5, 0.6) is 0 Å². The molecule has 0 unspecified atom stereocenters. The number of oxazole rings is 1. The minimum absolute atomic E-state index is 0.559. The Labute approximate surface area is 286 Å². The van der Waals surface area contributed by atoms with E-state index >= 15 is 0 Å². The summed E-state index contributed by atoms with van der Waals surface area (Å²) in [5, 5.41) is 4.25. The maximum atomic E-state index is 6.40. The van der Waals surface area contributed by atoms with Gasteiger partial charge in [-0.25, -0.2) is 19.9 Å². The largest absolute Gasteiger partial charge is 0.456 e. The predicted molar refractivity (Wildman–Crippen MR) is 199 cm³/mol. The molecule has 0 spiro atoms. The molecule has 0 amide bonds. The molecule has 3 heterocycles. The Hall–Kier alpha value is -6.92. The predicted octanol–water partition coefficient (Wildman–Crippen LogP) is 11.4. The average molecular weight is 643 g/mol. The molecule has 0 atom stereocenters. The second-order valence-electron chi connectivity index (χ2n) is 12.3. The molecule has 0 bridgehead atoms. The van der Waals surface area contributed by atoms with E-state index in [9.17, 15) is 0 Å². The van der Waals surface area contributed by atoms with Crippen LogP contribution in [0.2, 0.25) is 0 Å². The number of rotatable bonds is 5. The molecule has 0 radical (unpaired) electrons. The van der Waals surface area contributed by atoms with E-state index in [2.05, 4.69) is 66.7 Å². The third-order valence-corrected chi connectivity index (χ3v) is 9.16. The Morgan fingerprint density at radius 1 is 0.360 bits per heavy atom. The van der Waals surface area contributed by atoms with E-state index in [0.717, 1.165) is 60.8 Å². The smallest absolute Gasteiger partial charge is 0.227 e. The van der Waals surface area contributed by atoms with Crippen molar-refractivity contribution >= 4 is 43.8 Å². The van der Waals surface area contributed by atoms with E-state index in [1.54, 1.807) is 0 Å². The van der Waals surface area contributed by atoms with Crippen molar-refractivity contribution in [1.29, 1.82) is 0 Å². The Bertz CT molecular complexity index is 2860. The summed E-state index contributed by atoms with van der Waals surface area (Å²) in [6.45, 7) is 0. The van der Waals surface area contributed by atoms with Crippen molar-refractivity contribution in [2.24, 2.45) is 0 Å². The highest BCUT2D eigenvalue weighted by Crippen LogP contribution is 2.39. The van der Waals surface area contributed by atoms with Crippen LogP contribution in [0.1, 0.15) is 0 Å². The minimum atomic E-state index is 0.559. The highest BCUT2D eigenvalue weighted by atomic mass is 16.4. The fourth-order valence-electron chi connectivity index (χ4n) is 6.66. The number of fused-ring (bicyclic) bond motifs is 5. The van der Waals surface area contributed by atoms with Gasteiger partial charge in [0.05, 0.1) is 0 Å². The third kappa shape index (κ3) is 4.81. The number of furan rings is 1. The molecule has 50 heavy (non-hydrogen) atoms. The molecule has 0 aliphatic heterocycles. The lowest BCUT2D eigenvalue weighted by Crippen LogP contribution is -2.00. The lowest BCUT2D eigenvalue weighted by molar-refractivity contribution is 0.620. The normalized spacial score (nSPS) is 11.6. The van der Waals surface area contributed by atoms with Gasteiger partial charge in [0.1, 0.15) is 16.7 Å². The van der Waals surface area contributed by atoms with Crippen molar-refractivity contribution in [3.63, 3.8) is 0 Å². The Morgan fingerprint density at radius 3 is 1.78 bits per heavy atom.